The Morgan fingerprint density at radius 1 is 1.16 bits per heavy atom. The van der Waals surface area contributed by atoms with Gasteiger partial charge < -0.3 is 20.9 Å². The fourth-order valence-corrected chi connectivity index (χ4v) is 4.54. The summed E-state index contributed by atoms with van der Waals surface area (Å²) in [5, 5.41) is 10.1. The number of hydrogen-bond donors (Lipinski definition) is 3. The van der Waals surface area contributed by atoms with Crippen LogP contribution in [0.1, 0.15) is 48.5 Å². The summed E-state index contributed by atoms with van der Waals surface area (Å²) in [6, 6.07) is 7.58. The second-order valence-electron chi connectivity index (χ2n) is 7.89. The maximum atomic E-state index is 12.6. The van der Waals surface area contributed by atoms with E-state index >= 15 is 0 Å². The zero-order valence-electron chi connectivity index (χ0n) is 15.2. The zero-order valence-corrected chi connectivity index (χ0v) is 15.2. The SMILES string of the molecule is C[C@H]1Cc2cc(C(=O)NC3CCN(C4CCNCC4)CC3)ccc2N1. The van der Waals surface area contributed by atoms with Gasteiger partial charge in [0.2, 0.25) is 0 Å². The van der Waals surface area contributed by atoms with Crippen LogP contribution in [0.4, 0.5) is 5.69 Å². The number of anilines is 1. The van der Waals surface area contributed by atoms with E-state index in [4.69, 9.17) is 0 Å². The Morgan fingerprint density at radius 2 is 1.92 bits per heavy atom. The first-order valence-electron chi connectivity index (χ1n) is 9.84. The van der Waals surface area contributed by atoms with Crippen LogP contribution in [0.15, 0.2) is 18.2 Å². The highest BCUT2D eigenvalue weighted by Gasteiger charge is 2.27. The van der Waals surface area contributed by atoms with Gasteiger partial charge in [-0.1, -0.05) is 0 Å². The highest BCUT2D eigenvalue weighted by Crippen LogP contribution is 2.26. The molecule has 3 heterocycles. The van der Waals surface area contributed by atoms with E-state index in [9.17, 15) is 4.79 Å². The predicted molar refractivity (Wildman–Crippen MR) is 101 cm³/mol. The lowest BCUT2D eigenvalue weighted by atomic mass is 9.98. The fraction of sp³-hybridized carbons (Fsp3) is 0.650. The molecule has 0 radical (unpaired) electrons. The van der Waals surface area contributed by atoms with E-state index < -0.39 is 0 Å². The molecular weight excluding hydrogens is 312 g/mol. The van der Waals surface area contributed by atoms with Gasteiger partial charge in [0.25, 0.3) is 5.91 Å². The van der Waals surface area contributed by atoms with Crippen molar-refractivity contribution < 1.29 is 4.79 Å². The van der Waals surface area contributed by atoms with Gasteiger partial charge in [0.1, 0.15) is 0 Å². The van der Waals surface area contributed by atoms with Crippen molar-refractivity contribution in [2.24, 2.45) is 0 Å². The predicted octanol–water partition coefficient (Wildman–Crippen LogP) is 1.99. The second-order valence-corrected chi connectivity index (χ2v) is 7.89. The number of carbonyl (C=O) groups excluding carboxylic acids is 1. The number of hydrogen-bond acceptors (Lipinski definition) is 4. The van der Waals surface area contributed by atoms with Crippen LogP contribution in [0.5, 0.6) is 0 Å². The lowest BCUT2D eigenvalue weighted by Gasteiger charge is -2.39. The summed E-state index contributed by atoms with van der Waals surface area (Å²) < 4.78 is 0. The van der Waals surface area contributed by atoms with E-state index in [1.165, 1.54) is 24.1 Å². The number of benzene rings is 1. The van der Waals surface area contributed by atoms with Crippen molar-refractivity contribution in [1.82, 2.24) is 15.5 Å². The standard InChI is InChI=1S/C20H30N4O/c1-14-12-16-13-15(2-3-19(16)22-14)20(25)23-17-6-10-24(11-7-17)18-4-8-21-9-5-18/h2-3,13-14,17-18,21-22H,4-12H2,1H3,(H,23,25)/t14-/m0/s1. The number of carbonyl (C=O) groups is 1. The third-order valence-corrected chi connectivity index (χ3v) is 5.99. The van der Waals surface area contributed by atoms with Gasteiger partial charge >= 0.3 is 0 Å². The van der Waals surface area contributed by atoms with Crippen LogP contribution in [0, 0.1) is 0 Å². The second kappa shape index (κ2) is 7.34. The van der Waals surface area contributed by atoms with Gasteiger partial charge in [-0.25, -0.2) is 0 Å². The van der Waals surface area contributed by atoms with Gasteiger partial charge in [0.05, 0.1) is 0 Å². The van der Waals surface area contributed by atoms with Gasteiger partial charge in [0, 0.05) is 42.5 Å². The highest BCUT2D eigenvalue weighted by atomic mass is 16.1. The number of nitrogens with zero attached hydrogens (tertiary/aromatic N) is 1. The van der Waals surface area contributed by atoms with E-state index in [0.29, 0.717) is 12.1 Å². The van der Waals surface area contributed by atoms with Crippen LogP contribution in [0.3, 0.4) is 0 Å². The molecule has 5 nitrogen and oxygen atoms in total. The number of rotatable bonds is 3. The van der Waals surface area contributed by atoms with Gasteiger partial charge in [-0.15, -0.1) is 0 Å². The molecule has 1 aromatic rings. The summed E-state index contributed by atoms with van der Waals surface area (Å²) in [7, 11) is 0. The topological polar surface area (TPSA) is 56.4 Å². The zero-order chi connectivity index (χ0) is 17.2. The molecule has 3 aliphatic heterocycles. The fourth-order valence-electron chi connectivity index (χ4n) is 4.54. The van der Waals surface area contributed by atoms with E-state index in [1.807, 2.05) is 12.1 Å². The summed E-state index contributed by atoms with van der Waals surface area (Å²) in [5.41, 5.74) is 3.25. The van der Waals surface area contributed by atoms with Crippen LogP contribution in [0.25, 0.3) is 0 Å². The van der Waals surface area contributed by atoms with Crippen LogP contribution in [-0.2, 0) is 6.42 Å². The quantitative estimate of drug-likeness (QED) is 0.786. The Labute approximate surface area is 150 Å². The van der Waals surface area contributed by atoms with Gasteiger partial charge in [0.15, 0.2) is 0 Å². The van der Waals surface area contributed by atoms with Crippen molar-refractivity contribution in [2.45, 2.75) is 57.2 Å². The molecule has 1 aromatic carbocycles. The molecule has 1 amide bonds. The molecular formula is C20H30N4O. The molecule has 1 atom stereocenters. The van der Waals surface area contributed by atoms with Crippen molar-refractivity contribution in [2.75, 3.05) is 31.5 Å². The Hall–Kier alpha value is -1.59. The normalized spacial score (nSPS) is 25.4. The van der Waals surface area contributed by atoms with E-state index in [1.54, 1.807) is 0 Å². The third-order valence-electron chi connectivity index (χ3n) is 5.99. The van der Waals surface area contributed by atoms with E-state index in [0.717, 1.165) is 57.0 Å². The molecule has 0 unspecified atom stereocenters. The van der Waals surface area contributed by atoms with Crippen LogP contribution < -0.4 is 16.0 Å². The lowest BCUT2D eigenvalue weighted by Crippen LogP contribution is -2.50. The minimum atomic E-state index is 0.0858. The first kappa shape index (κ1) is 16.9. The maximum Gasteiger partial charge on any atom is 0.251 e. The average Bonchev–Trinajstić information content (AvgIpc) is 3.02. The Balaban J connectivity index is 1.30. The molecule has 0 saturated carbocycles. The van der Waals surface area contributed by atoms with Crippen molar-refractivity contribution >= 4 is 11.6 Å². The molecule has 25 heavy (non-hydrogen) atoms. The first-order valence-corrected chi connectivity index (χ1v) is 9.84. The van der Waals surface area contributed by atoms with E-state index in [-0.39, 0.29) is 5.91 Å². The molecule has 5 heteroatoms. The Bertz CT molecular complexity index is 618. The summed E-state index contributed by atoms with van der Waals surface area (Å²) in [6.45, 7) is 6.69. The Kier molecular flexibility index (Phi) is 4.95. The lowest BCUT2D eigenvalue weighted by molar-refractivity contribution is 0.0871. The smallest absolute Gasteiger partial charge is 0.251 e. The molecule has 3 N–H and O–H groups in total. The summed E-state index contributed by atoms with van der Waals surface area (Å²) in [5.74, 6) is 0.0858. The largest absolute Gasteiger partial charge is 0.382 e. The van der Waals surface area contributed by atoms with Gasteiger partial charge in [-0.2, -0.15) is 0 Å². The van der Waals surface area contributed by atoms with Crippen molar-refractivity contribution in [1.29, 1.82) is 0 Å². The molecule has 3 aliphatic rings. The first-order chi connectivity index (χ1) is 12.2. The Morgan fingerprint density at radius 3 is 2.68 bits per heavy atom. The minimum absolute atomic E-state index is 0.0858. The van der Waals surface area contributed by atoms with Gasteiger partial charge in [-0.05, 0) is 75.9 Å². The monoisotopic (exact) mass is 342 g/mol. The molecule has 2 fully saturated rings. The van der Waals surface area contributed by atoms with Crippen LogP contribution in [0.2, 0.25) is 0 Å². The summed E-state index contributed by atoms with van der Waals surface area (Å²) in [4.78, 5) is 15.3. The number of nitrogens with one attached hydrogen (secondary N) is 3. The summed E-state index contributed by atoms with van der Waals surface area (Å²) >= 11 is 0. The highest BCUT2D eigenvalue weighted by molar-refractivity contribution is 5.95. The maximum absolute atomic E-state index is 12.6. The molecule has 0 bridgehead atoms. The van der Waals surface area contributed by atoms with Crippen LogP contribution in [-0.4, -0.2) is 55.1 Å². The minimum Gasteiger partial charge on any atom is -0.382 e. The number of piperidine rings is 2. The van der Waals surface area contributed by atoms with Crippen molar-refractivity contribution in [3.05, 3.63) is 29.3 Å². The van der Waals surface area contributed by atoms with Crippen LogP contribution >= 0.6 is 0 Å². The van der Waals surface area contributed by atoms with Gasteiger partial charge in [-0.3, -0.25) is 4.79 Å². The number of amides is 1. The average molecular weight is 342 g/mol. The molecule has 136 valence electrons. The molecule has 0 spiro atoms. The summed E-state index contributed by atoms with van der Waals surface area (Å²) in [6.07, 6.45) is 5.67. The molecule has 0 aliphatic carbocycles. The third kappa shape index (κ3) is 3.82. The molecule has 0 aromatic heterocycles. The van der Waals surface area contributed by atoms with Crippen molar-refractivity contribution in [3.63, 3.8) is 0 Å². The number of likely N-dealkylation sites (tertiary alicyclic amines) is 1. The van der Waals surface area contributed by atoms with E-state index in [2.05, 4.69) is 33.8 Å². The molecule has 4 rings (SSSR count). The number of fused-ring (bicyclic) bond motifs is 1. The molecule has 2 saturated heterocycles. The van der Waals surface area contributed by atoms with Crippen molar-refractivity contribution in [3.8, 4) is 0 Å².